The first kappa shape index (κ1) is 14.3. The molecule has 112 valence electrons. The molecule has 6 heteroatoms. The molecule has 0 aromatic heterocycles. The van der Waals surface area contributed by atoms with Gasteiger partial charge in [0.05, 0.1) is 18.7 Å². The molecule has 21 heavy (non-hydrogen) atoms. The predicted molar refractivity (Wildman–Crippen MR) is 82.8 cm³/mol. The summed E-state index contributed by atoms with van der Waals surface area (Å²) in [5.74, 6) is 2.57. The van der Waals surface area contributed by atoms with E-state index >= 15 is 0 Å². The van der Waals surface area contributed by atoms with Gasteiger partial charge in [-0.2, -0.15) is 11.8 Å². The fourth-order valence-corrected chi connectivity index (χ4v) is 3.44. The Bertz CT molecular complexity index is 543. The number of carbonyl (C=O) groups excluding carboxylic acids is 2. The molecule has 2 aliphatic rings. The lowest BCUT2D eigenvalue weighted by Crippen LogP contribution is -2.45. The summed E-state index contributed by atoms with van der Waals surface area (Å²) in [6.07, 6.45) is 0.303. The van der Waals surface area contributed by atoms with Crippen LogP contribution in [-0.4, -0.2) is 54.5 Å². The zero-order valence-electron chi connectivity index (χ0n) is 11.8. The largest absolute Gasteiger partial charge is 0.491 e. The third-order valence-electron chi connectivity index (χ3n) is 3.69. The van der Waals surface area contributed by atoms with E-state index < -0.39 is 0 Å². The van der Waals surface area contributed by atoms with Crippen LogP contribution in [0.5, 0.6) is 5.75 Å². The number of thioether (sulfide) groups is 1. The maximum atomic E-state index is 12.4. The third kappa shape index (κ3) is 3.15. The van der Waals surface area contributed by atoms with E-state index in [0.717, 1.165) is 24.6 Å². The average Bonchev–Trinajstić information content (AvgIpc) is 2.68. The van der Waals surface area contributed by atoms with E-state index in [9.17, 15) is 9.59 Å². The van der Waals surface area contributed by atoms with Crippen LogP contribution in [0.2, 0.25) is 0 Å². The summed E-state index contributed by atoms with van der Waals surface area (Å²) in [4.78, 5) is 28.1. The van der Waals surface area contributed by atoms with Gasteiger partial charge in [0.15, 0.2) is 0 Å². The lowest BCUT2D eigenvalue weighted by atomic mass is 10.2. The first-order valence-corrected chi connectivity index (χ1v) is 8.29. The Morgan fingerprint density at radius 3 is 2.81 bits per heavy atom. The van der Waals surface area contributed by atoms with Crippen LogP contribution in [0.1, 0.15) is 6.42 Å². The third-order valence-corrected chi connectivity index (χ3v) is 4.63. The summed E-state index contributed by atoms with van der Waals surface area (Å²) in [7, 11) is 0. The van der Waals surface area contributed by atoms with Crippen LogP contribution < -0.4 is 9.64 Å². The van der Waals surface area contributed by atoms with Crippen molar-refractivity contribution in [3.05, 3.63) is 24.3 Å². The lowest BCUT2D eigenvalue weighted by molar-refractivity contribution is -0.131. The Hall–Kier alpha value is -1.69. The van der Waals surface area contributed by atoms with Crippen molar-refractivity contribution in [3.63, 3.8) is 0 Å². The number of nitrogens with zero attached hydrogens (tertiary/aromatic N) is 2. The van der Waals surface area contributed by atoms with Gasteiger partial charge in [-0.25, -0.2) is 0 Å². The van der Waals surface area contributed by atoms with Crippen molar-refractivity contribution in [2.75, 3.05) is 42.6 Å². The molecule has 0 saturated carbocycles. The maximum Gasteiger partial charge on any atom is 0.242 e. The van der Waals surface area contributed by atoms with Crippen molar-refractivity contribution in [1.29, 1.82) is 0 Å². The zero-order chi connectivity index (χ0) is 14.7. The molecule has 0 aliphatic carbocycles. The number of amides is 2. The van der Waals surface area contributed by atoms with Crippen LogP contribution >= 0.6 is 11.8 Å². The van der Waals surface area contributed by atoms with Gasteiger partial charge < -0.3 is 9.64 Å². The Kier molecular flexibility index (Phi) is 4.34. The van der Waals surface area contributed by atoms with Crippen molar-refractivity contribution in [2.45, 2.75) is 6.42 Å². The van der Waals surface area contributed by atoms with E-state index in [4.69, 9.17) is 4.74 Å². The summed E-state index contributed by atoms with van der Waals surface area (Å²) in [5.41, 5.74) is 0.694. The number of hydrogen-bond acceptors (Lipinski definition) is 4. The van der Waals surface area contributed by atoms with Crippen molar-refractivity contribution < 1.29 is 14.3 Å². The SMILES string of the molecule is O=C(CN1C(=O)CCOc2ccccc21)N1CCSCC1. The smallest absolute Gasteiger partial charge is 0.242 e. The van der Waals surface area contributed by atoms with Crippen molar-refractivity contribution in [2.24, 2.45) is 0 Å². The highest BCUT2D eigenvalue weighted by Crippen LogP contribution is 2.30. The van der Waals surface area contributed by atoms with Crippen LogP contribution in [0.4, 0.5) is 5.69 Å². The van der Waals surface area contributed by atoms with E-state index in [1.54, 1.807) is 4.90 Å². The topological polar surface area (TPSA) is 49.9 Å². The summed E-state index contributed by atoms with van der Waals surface area (Å²) in [6.45, 7) is 2.00. The number of hydrogen-bond donors (Lipinski definition) is 0. The zero-order valence-corrected chi connectivity index (χ0v) is 12.6. The van der Waals surface area contributed by atoms with E-state index in [1.807, 2.05) is 40.9 Å². The van der Waals surface area contributed by atoms with Gasteiger partial charge in [0.1, 0.15) is 12.3 Å². The Morgan fingerprint density at radius 1 is 1.24 bits per heavy atom. The van der Waals surface area contributed by atoms with E-state index in [1.165, 1.54) is 0 Å². The fraction of sp³-hybridized carbons (Fsp3) is 0.467. The number of benzene rings is 1. The molecule has 0 unspecified atom stereocenters. The second-order valence-corrected chi connectivity index (χ2v) is 6.26. The molecule has 2 aliphatic heterocycles. The number of para-hydroxylation sites is 2. The quantitative estimate of drug-likeness (QED) is 0.828. The minimum Gasteiger partial charge on any atom is -0.491 e. The number of anilines is 1. The first-order valence-electron chi connectivity index (χ1n) is 7.13. The minimum atomic E-state index is -0.0558. The molecule has 2 heterocycles. The summed E-state index contributed by atoms with van der Waals surface area (Å²) in [5, 5.41) is 0. The van der Waals surface area contributed by atoms with Crippen LogP contribution in [0, 0.1) is 0 Å². The summed E-state index contributed by atoms with van der Waals surface area (Å²) in [6, 6.07) is 7.40. The Morgan fingerprint density at radius 2 is 2.00 bits per heavy atom. The van der Waals surface area contributed by atoms with E-state index in [-0.39, 0.29) is 18.4 Å². The van der Waals surface area contributed by atoms with Crippen LogP contribution in [0.3, 0.4) is 0 Å². The van der Waals surface area contributed by atoms with Gasteiger partial charge in [0.25, 0.3) is 0 Å². The molecule has 0 spiro atoms. The molecule has 1 aromatic carbocycles. The van der Waals surface area contributed by atoms with Gasteiger partial charge in [0, 0.05) is 24.6 Å². The summed E-state index contributed by atoms with van der Waals surface area (Å²) < 4.78 is 5.59. The molecule has 0 atom stereocenters. The number of fused-ring (bicyclic) bond motifs is 1. The first-order chi connectivity index (χ1) is 10.3. The standard InChI is InChI=1S/C15H18N2O3S/c18-14-5-8-20-13-4-2-1-3-12(13)17(14)11-15(19)16-6-9-21-10-7-16/h1-4H,5-11H2. The van der Waals surface area contributed by atoms with E-state index in [2.05, 4.69) is 0 Å². The molecule has 2 amide bonds. The Balaban J connectivity index is 1.79. The molecular formula is C15H18N2O3S. The fourth-order valence-electron chi connectivity index (χ4n) is 2.54. The highest BCUT2D eigenvalue weighted by atomic mass is 32.2. The average molecular weight is 306 g/mol. The molecule has 5 nitrogen and oxygen atoms in total. The summed E-state index contributed by atoms with van der Waals surface area (Å²) >= 11 is 1.86. The highest BCUT2D eigenvalue weighted by molar-refractivity contribution is 7.99. The molecule has 3 rings (SSSR count). The Labute approximate surface area is 128 Å². The maximum absolute atomic E-state index is 12.4. The number of rotatable bonds is 2. The van der Waals surface area contributed by atoms with Gasteiger partial charge in [0.2, 0.25) is 11.8 Å². The minimum absolute atomic E-state index is 0.0142. The normalized spacial score (nSPS) is 18.8. The number of carbonyl (C=O) groups is 2. The molecule has 0 radical (unpaired) electrons. The van der Waals surface area contributed by atoms with Gasteiger partial charge in [-0.3, -0.25) is 14.5 Å². The second-order valence-electron chi connectivity index (χ2n) is 5.04. The second kappa shape index (κ2) is 6.39. The number of ether oxygens (including phenoxy) is 1. The van der Waals surface area contributed by atoms with Gasteiger partial charge in [-0.05, 0) is 12.1 Å². The molecular weight excluding hydrogens is 288 g/mol. The molecule has 1 aromatic rings. The predicted octanol–water partition coefficient (Wildman–Crippen LogP) is 1.38. The highest BCUT2D eigenvalue weighted by Gasteiger charge is 2.27. The van der Waals surface area contributed by atoms with Gasteiger partial charge in [-0.15, -0.1) is 0 Å². The molecule has 1 fully saturated rings. The van der Waals surface area contributed by atoms with Gasteiger partial charge in [-0.1, -0.05) is 12.1 Å². The van der Waals surface area contributed by atoms with Crippen LogP contribution in [0.15, 0.2) is 24.3 Å². The van der Waals surface area contributed by atoms with E-state index in [0.29, 0.717) is 24.5 Å². The van der Waals surface area contributed by atoms with Gasteiger partial charge >= 0.3 is 0 Å². The van der Waals surface area contributed by atoms with Crippen molar-refractivity contribution in [3.8, 4) is 5.75 Å². The van der Waals surface area contributed by atoms with Crippen LogP contribution in [0.25, 0.3) is 0 Å². The van der Waals surface area contributed by atoms with Crippen molar-refractivity contribution >= 4 is 29.3 Å². The monoisotopic (exact) mass is 306 g/mol. The van der Waals surface area contributed by atoms with Crippen LogP contribution in [-0.2, 0) is 9.59 Å². The molecule has 0 N–H and O–H groups in total. The molecule has 1 saturated heterocycles. The van der Waals surface area contributed by atoms with Crippen molar-refractivity contribution in [1.82, 2.24) is 4.90 Å². The molecule has 0 bridgehead atoms. The lowest BCUT2D eigenvalue weighted by Gasteiger charge is -2.29.